The Balaban J connectivity index is 2.76. The molecule has 0 spiro atoms. The van der Waals surface area contributed by atoms with Crippen molar-refractivity contribution in [2.24, 2.45) is 0 Å². The summed E-state index contributed by atoms with van der Waals surface area (Å²) in [5, 5.41) is 0.848. The van der Waals surface area contributed by atoms with E-state index in [1.807, 2.05) is 0 Å². The van der Waals surface area contributed by atoms with E-state index in [0.29, 0.717) is 5.52 Å². The van der Waals surface area contributed by atoms with Crippen molar-refractivity contribution in [3.63, 3.8) is 0 Å². The molecule has 0 heterocycles. The highest BCUT2D eigenvalue weighted by atomic mass is 79.9. The molecule has 0 aliphatic carbocycles. The van der Waals surface area contributed by atoms with Gasteiger partial charge < -0.3 is 0 Å². The van der Waals surface area contributed by atoms with E-state index in [2.05, 4.69) is 55.5 Å². The van der Waals surface area contributed by atoms with Crippen molar-refractivity contribution in [2.75, 3.05) is 12.8 Å². The number of hydrogen-bond acceptors (Lipinski definition) is 1. The van der Waals surface area contributed by atoms with Crippen molar-refractivity contribution in [2.45, 2.75) is 51.8 Å². The highest BCUT2D eigenvalue weighted by molar-refractivity contribution is 9.08. The fourth-order valence-electron chi connectivity index (χ4n) is 2.54. The smallest absolute Gasteiger partial charge is 0.184 e. The second-order valence-corrected chi connectivity index (χ2v) is 8.34. The summed E-state index contributed by atoms with van der Waals surface area (Å²) >= 11 is 3.48. The Labute approximate surface area is 133 Å². The van der Waals surface area contributed by atoms with Crippen LogP contribution in [-0.2, 0) is 5.33 Å². The SMILES string of the molecule is CCCCCCP(C)C(=O)c1c(C)cc(CBr)cc1C. The molecule has 0 radical (unpaired) electrons. The van der Waals surface area contributed by atoms with Crippen LogP contribution in [0.2, 0.25) is 0 Å². The van der Waals surface area contributed by atoms with Gasteiger partial charge in [-0.25, -0.2) is 0 Å². The maximum absolute atomic E-state index is 12.7. The molecule has 0 saturated carbocycles. The van der Waals surface area contributed by atoms with Crippen LogP contribution < -0.4 is 0 Å². The second kappa shape index (κ2) is 8.95. The average Bonchev–Trinajstić information content (AvgIpc) is 2.42. The topological polar surface area (TPSA) is 17.1 Å². The lowest BCUT2D eigenvalue weighted by Gasteiger charge is -2.16. The minimum Gasteiger partial charge on any atom is -0.289 e. The first-order chi connectivity index (χ1) is 9.51. The van der Waals surface area contributed by atoms with Crippen molar-refractivity contribution in [3.8, 4) is 0 Å². The van der Waals surface area contributed by atoms with Crippen LogP contribution in [-0.4, -0.2) is 18.4 Å². The van der Waals surface area contributed by atoms with Gasteiger partial charge in [0.25, 0.3) is 0 Å². The fourth-order valence-corrected chi connectivity index (χ4v) is 4.50. The molecule has 3 heteroatoms. The molecule has 0 amide bonds. The van der Waals surface area contributed by atoms with E-state index >= 15 is 0 Å². The molecular formula is C17H26BrOP. The van der Waals surface area contributed by atoms with E-state index in [0.717, 1.165) is 28.2 Å². The van der Waals surface area contributed by atoms with Crippen molar-refractivity contribution in [1.82, 2.24) is 0 Å². The molecule has 0 aromatic heterocycles. The van der Waals surface area contributed by atoms with Gasteiger partial charge in [-0.3, -0.25) is 4.79 Å². The van der Waals surface area contributed by atoms with Crippen LogP contribution in [0.1, 0.15) is 59.7 Å². The quantitative estimate of drug-likeness (QED) is 0.315. The molecule has 1 rings (SSSR count). The third kappa shape index (κ3) is 4.97. The Morgan fingerprint density at radius 1 is 1.15 bits per heavy atom. The van der Waals surface area contributed by atoms with E-state index in [9.17, 15) is 4.79 Å². The maximum Gasteiger partial charge on any atom is 0.184 e. The lowest BCUT2D eigenvalue weighted by Crippen LogP contribution is -2.05. The molecule has 1 aromatic rings. The van der Waals surface area contributed by atoms with Crippen molar-refractivity contribution in [3.05, 3.63) is 34.4 Å². The van der Waals surface area contributed by atoms with Crippen LogP contribution in [0.5, 0.6) is 0 Å². The Morgan fingerprint density at radius 2 is 1.75 bits per heavy atom. The zero-order valence-corrected chi connectivity index (χ0v) is 15.6. The van der Waals surface area contributed by atoms with Gasteiger partial charge >= 0.3 is 0 Å². The minimum absolute atomic E-state index is 0.382. The Bertz CT molecular complexity index is 433. The molecule has 1 nitrogen and oxygen atoms in total. The van der Waals surface area contributed by atoms with E-state index in [1.165, 1.54) is 31.2 Å². The number of carbonyl (C=O) groups excluding carboxylic acids is 1. The molecule has 0 aliphatic rings. The number of carbonyl (C=O) groups is 1. The highest BCUT2D eigenvalue weighted by Gasteiger charge is 2.19. The van der Waals surface area contributed by atoms with Gasteiger partial charge in [-0.1, -0.05) is 54.2 Å². The van der Waals surface area contributed by atoms with E-state index in [4.69, 9.17) is 0 Å². The van der Waals surface area contributed by atoms with E-state index in [1.54, 1.807) is 0 Å². The molecule has 0 bridgehead atoms. The highest BCUT2D eigenvalue weighted by Crippen LogP contribution is 2.38. The summed E-state index contributed by atoms with van der Waals surface area (Å²) in [5.74, 6) is 0. The van der Waals surface area contributed by atoms with Crippen molar-refractivity contribution >= 4 is 29.4 Å². The molecule has 20 heavy (non-hydrogen) atoms. The first-order valence-corrected chi connectivity index (χ1v) is 10.5. The maximum atomic E-state index is 12.7. The summed E-state index contributed by atoms with van der Waals surface area (Å²) in [7, 11) is -0.532. The Hall–Kier alpha value is -0.200. The molecule has 1 unspecified atom stereocenters. The summed E-state index contributed by atoms with van der Waals surface area (Å²) in [5.41, 5.74) is 4.87. The second-order valence-electron chi connectivity index (χ2n) is 5.53. The number of aryl methyl sites for hydroxylation is 2. The van der Waals surface area contributed by atoms with E-state index < -0.39 is 7.92 Å². The van der Waals surface area contributed by atoms with Crippen LogP contribution in [0.4, 0.5) is 0 Å². The number of rotatable bonds is 8. The summed E-state index contributed by atoms with van der Waals surface area (Å²) in [6.07, 6.45) is 6.07. The predicted molar refractivity (Wildman–Crippen MR) is 94.7 cm³/mol. The lowest BCUT2D eigenvalue weighted by atomic mass is 10.0. The van der Waals surface area contributed by atoms with Crippen molar-refractivity contribution in [1.29, 1.82) is 0 Å². The van der Waals surface area contributed by atoms with Gasteiger partial charge in [0.05, 0.1) is 0 Å². The van der Waals surface area contributed by atoms with Crippen LogP contribution >= 0.6 is 23.9 Å². The van der Waals surface area contributed by atoms with Gasteiger partial charge in [-0.2, -0.15) is 0 Å². The van der Waals surface area contributed by atoms with Gasteiger partial charge in [0.1, 0.15) is 0 Å². The van der Waals surface area contributed by atoms with Crippen molar-refractivity contribution < 1.29 is 4.79 Å². The fraction of sp³-hybridized carbons (Fsp3) is 0.588. The van der Waals surface area contributed by atoms with Gasteiger partial charge in [-0.15, -0.1) is 0 Å². The van der Waals surface area contributed by atoms with Gasteiger partial charge in [0.15, 0.2) is 5.52 Å². The van der Waals surface area contributed by atoms with Gasteiger partial charge in [-0.05, 0) is 57.7 Å². The predicted octanol–water partition coefficient (Wildman–Crippen LogP) is 6.03. The first-order valence-electron chi connectivity index (χ1n) is 7.42. The molecule has 112 valence electrons. The Morgan fingerprint density at radius 3 is 2.25 bits per heavy atom. The molecule has 0 fully saturated rings. The summed E-state index contributed by atoms with van der Waals surface area (Å²) in [6, 6.07) is 4.27. The van der Waals surface area contributed by atoms with Crippen LogP contribution in [0.3, 0.4) is 0 Å². The molecule has 0 N–H and O–H groups in total. The van der Waals surface area contributed by atoms with Gasteiger partial charge in [0, 0.05) is 10.9 Å². The molecule has 0 aliphatic heterocycles. The van der Waals surface area contributed by atoms with Crippen LogP contribution in [0.25, 0.3) is 0 Å². The number of hydrogen-bond donors (Lipinski definition) is 0. The van der Waals surface area contributed by atoms with Gasteiger partial charge in [0.2, 0.25) is 0 Å². The third-order valence-electron chi connectivity index (χ3n) is 3.65. The average molecular weight is 357 g/mol. The minimum atomic E-state index is -0.532. The van der Waals surface area contributed by atoms with E-state index in [-0.39, 0.29) is 0 Å². The molecule has 1 atom stereocenters. The summed E-state index contributed by atoms with van der Waals surface area (Å²) < 4.78 is 0. The zero-order chi connectivity index (χ0) is 15.1. The summed E-state index contributed by atoms with van der Waals surface area (Å²) in [4.78, 5) is 12.7. The zero-order valence-electron chi connectivity index (χ0n) is 13.1. The third-order valence-corrected chi connectivity index (χ3v) is 6.21. The summed E-state index contributed by atoms with van der Waals surface area (Å²) in [6.45, 7) is 8.48. The Kier molecular flexibility index (Phi) is 7.99. The molecular weight excluding hydrogens is 331 g/mol. The first kappa shape index (κ1) is 17.9. The molecule has 0 saturated heterocycles. The largest absolute Gasteiger partial charge is 0.289 e. The molecule has 1 aromatic carbocycles. The number of unbranched alkanes of at least 4 members (excludes halogenated alkanes) is 3. The standard InChI is InChI=1S/C17H26BrOP/c1-5-6-7-8-9-20(4)17(19)16-13(2)10-15(12-18)11-14(16)3/h10-11H,5-9,12H2,1-4H3. The lowest BCUT2D eigenvalue weighted by molar-refractivity contribution is 0.108. The monoisotopic (exact) mass is 356 g/mol. The number of halogens is 1. The number of alkyl halides is 1. The number of benzene rings is 1. The normalized spacial score (nSPS) is 12.4. The van der Waals surface area contributed by atoms with Crippen LogP contribution in [0, 0.1) is 13.8 Å². The van der Waals surface area contributed by atoms with Crippen LogP contribution in [0.15, 0.2) is 12.1 Å².